The van der Waals surface area contributed by atoms with Crippen LogP contribution in [0.25, 0.3) is 0 Å². The fourth-order valence-electron chi connectivity index (χ4n) is 3.59. The molecule has 142 valence electrons. The average Bonchev–Trinajstić information content (AvgIpc) is 3.03. The molecule has 0 aromatic heterocycles. The van der Waals surface area contributed by atoms with E-state index in [9.17, 15) is 14.0 Å². The molecule has 27 heavy (non-hydrogen) atoms. The predicted octanol–water partition coefficient (Wildman–Crippen LogP) is 3.84. The van der Waals surface area contributed by atoms with Crippen molar-refractivity contribution in [2.75, 3.05) is 18.0 Å². The van der Waals surface area contributed by atoms with E-state index in [2.05, 4.69) is 0 Å². The van der Waals surface area contributed by atoms with Crippen LogP contribution in [0.3, 0.4) is 0 Å². The lowest BCUT2D eigenvalue weighted by atomic mass is 10.1. The molecule has 2 aromatic rings. The van der Waals surface area contributed by atoms with E-state index in [4.69, 9.17) is 0 Å². The molecule has 2 amide bonds. The maximum absolute atomic E-state index is 13.4. The molecule has 3 rings (SSSR count). The summed E-state index contributed by atoms with van der Waals surface area (Å²) < 4.78 is 13.4. The van der Waals surface area contributed by atoms with Gasteiger partial charge in [-0.05, 0) is 55.7 Å². The molecule has 4 nitrogen and oxygen atoms in total. The maximum atomic E-state index is 13.4. The topological polar surface area (TPSA) is 40.6 Å². The Balaban J connectivity index is 1.75. The highest BCUT2D eigenvalue weighted by molar-refractivity contribution is 6.00. The van der Waals surface area contributed by atoms with E-state index in [0.29, 0.717) is 19.6 Å². The number of anilines is 1. The van der Waals surface area contributed by atoms with E-state index in [1.165, 1.54) is 12.1 Å². The molecule has 0 saturated carbocycles. The fraction of sp³-hybridized carbons (Fsp3) is 0.364. The van der Waals surface area contributed by atoms with Crippen LogP contribution >= 0.6 is 0 Å². The van der Waals surface area contributed by atoms with Crippen LogP contribution in [0.4, 0.5) is 10.1 Å². The summed E-state index contributed by atoms with van der Waals surface area (Å²) in [5.41, 5.74) is 3.81. The van der Waals surface area contributed by atoms with Crippen molar-refractivity contribution in [1.29, 1.82) is 0 Å². The highest BCUT2D eigenvalue weighted by Gasteiger charge is 2.37. The number of hydrogen-bond acceptors (Lipinski definition) is 2. The van der Waals surface area contributed by atoms with Crippen molar-refractivity contribution >= 4 is 17.5 Å². The third kappa shape index (κ3) is 4.02. The maximum Gasteiger partial charge on any atom is 0.228 e. The summed E-state index contributed by atoms with van der Waals surface area (Å²) in [4.78, 5) is 29.0. The summed E-state index contributed by atoms with van der Waals surface area (Å²) in [6.07, 6.45) is 0.214. The zero-order valence-electron chi connectivity index (χ0n) is 16.0. The monoisotopic (exact) mass is 368 g/mol. The first-order valence-electron chi connectivity index (χ1n) is 9.30. The number of carbonyl (C=O) groups excluding carboxylic acids is 2. The van der Waals surface area contributed by atoms with Gasteiger partial charge in [0, 0.05) is 31.7 Å². The number of halogens is 1. The number of aryl methyl sites for hydroxylation is 1. The summed E-state index contributed by atoms with van der Waals surface area (Å²) in [5.74, 6) is -0.758. The van der Waals surface area contributed by atoms with Crippen LogP contribution in [-0.4, -0.2) is 29.8 Å². The quantitative estimate of drug-likeness (QED) is 0.804. The Morgan fingerprint density at radius 2 is 1.96 bits per heavy atom. The van der Waals surface area contributed by atoms with Gasteiger partial charge in [-0.2, -0.15) is 0 Å². The number of carbonyl (C=O) groups is 2. The Hall–Kier alpha value is -2.69. The first kappa shape index (κ1) is 19.1. The molecule has 0 N–H and O–H groups in total. The summed E-state index contributed by atoms with van der Waals surface area (Å²) >= 11 is 0. The van der Waals surface area contributed by atoms with E-state index in [1.807, 2.05) is 39.0 Å². The highest BCUT2D eigenvalue weighted by Crippen LogP contribution is 2.30. The Morgan fingerprint density at radius 3 is 2.67 bits per heavy atom. The van der Waals surface area contributed by atoms with Crippen molar-refractivity contribution < 1.29 is 14.0 Å². The molecule has 1 unspecified atom stereocenters. The number of rotatable bonds is 5. The molecule has 1 aliphatic heterocycles. The van der Waals surface area contributed by atoms with Crippen LogP contribution in [-0.2, 0) is 16.1 Å². The number of benzene rings is 2. The normalized spacial score (nSPS) is 16.7. The molecule has 0 spiro atoms. The SMILES string of the molecule is CCN(Cc1cccc(F)c1)C(=O)C1CC(=O)N(c2cccc(C)c2C)C1. The lowest BCUT2D eigenvalue weighted by molar-refractivity contribution is -0.136. The van der Waals surface area contributed by atoms with Crippen molar-refractivity contribution in [3.63, 3.8) is 0 Å². The fourth-order valence-corrected chi connectivity index (χ4v) is 3.59. The van der Waals surface area contributed by atoms with Crippen LogP contribution in [0.15, 0.2) is 42.5 Å². The van der Waals surface area contributed by atoms with E-state index in [-0.39, 0.29) is 30.0 Å². The summed E-state index contributed by atoms with van der Waals surface area (Å²) in [5, 5.41) is 0. The van der Waals surface area contributed by atoms with Crippen molar-refractivity contribution in [2.24, 2.45) is 5.92 Å². The smallest absolute Gasteiger partial charge is 0.228 e. The molecular formula is C22H25FN2O2. The van der Waals surface area contributed by atoms with Gasteiger partial charge in [0.1, 0.15) is 5.82 Å². The predicted molar refractivity (Wildman–Crippen MR) is 104 cm³/mol. The molecular weight excluding hydrogens is 343 g/mol. The molecule has 1 atom stereocenters. The van der Waals surface area contributed by atoms with Crippen molar-refractivity contribution in [3.05, 3.63) is 65.0 Å². The van der Waals surface area contributed by atoms with Gasteiger partial charge in [0.15, 0.2) is 0 Å². The minimum atomic E-state index is -0.370. The average molecular weight is 368 g/mol. The van der Waals surface area contributed by atoms with Crippen LogP contribution < -0.4 is 4.90 Å². The van der Waals surface area contributed by atoms with Crippen molar-refractivity contribution in [2.45, 2.75) is 33.7 Å². The molecule has 0 radical (unpaired) electrons. The van der Waals surface area contributed by atoms with Gasteiger partial charge in [-0.25, -0.2) is 4.39 Å². The molecule has 5 heteroatoms. The zero-order chi connectivity index (χ0) is 19.6. The second kappa shape index (κ2) is 7.91. The third-order valence-corrected chi connectivity index (χ3v) is 5.30. The minimum absolute atomic E-state index is 0.0242. The largest absolute Gasteiger partial charge is 0.338 e. The van der Waals surface area contributed by atoms with E-state index in [1.54, 1.807) is 21.9 Å². The first-order chi connectivity index (χ1) is 12.9. The molecule has 1 heterocycles. The molecule has 1 saturated heterocycles. The van der Waals surface area contributed by atoms with Crippen LogP contribution in [0.2, 0.25) is 0 Å². The Labute approximate surface area is 159 Å². The number of hydrogen-bond donors (Lipinski definition) is 0. The lowest BCUT2D eigenvalue weighted by Crippen LogP contribution is -2.37. The molecule has 2 aromatic carbocycles. The standard InChI is InChI=1S/C22H25FN2O2/c1-4-24(13-17-8-6-9-19(23)11-17)22(27)18-12-21(26)25(14-18)20-10-5-7-15(2)16(20)3/h5-11,18H,4,12-14H2,1-3H3. The second-order valence-electron chi connectivity index (χ2n) is 7.11. The van der Waals surface area contributed by atoms with Crippen molar-refractivity contribution in [3.8, 4) is 0 Å². The Kier molecular flexibility index (Phi) is 5.59. The Morgan fingerprint density at radius 1 is 1.22 bits per heavy atom. The van der Waals surface area contributed by atoms with Gasteiger partial charge in [0.2, 0.25) is 11.8 Å². The van der Waals surface area contributed by atoms with Crippen LogP contribution in [0.5, 0.6) is 0 Å². The van der Waals surface area contributed by atoms with Gasteiger partial charge in [-0.1, -0.05) is 24.3 Å². The van der Waals surface area contributed by atoms with Gasteiger partial charge in [0.05, 0.1) is 5.92 Å². The first-order valence-corrected chi connectivity index (χ1v) is 9.30. The summed E-state index contributed by atoms with van der Waals surface area (Å²) in [6.45, 7) is 7.16. The van der Waals surface area contributed by atoms with E-state index in [0.717, 1.165) is 22.4 Å². The van der Waals surface area contributed by atoms with E-state index < -0.39 is 0 Å². The van der Waals surface area contributed by atoms with Crippen LogP contribution in [0, 0.1) is 25.6 Å². The zero-order valence-corrected chi connectivity index (χ0v) is 16.0. The molecule has 0 bridgehead atoms. The second-order valence-corrected chi connectivity index (χ2v) is 7.11. The molecule has 1 aliphatic rings. The van der Waals surface area contributed by atoms with Crippen LogP contribution in [0.1, 0.15) is 30.0 Å². The van der Waals surface area contributed by atoms with Gasteiger partial charge in [0.25, 0.3) is 0 Å². The minimum Gasteiger partial charge on any atom is -0.338 e. The Bertz CT molecular complexity index is 865. The molecule has 1 fully saturated rings. The lowest BCUT2D eigenvalue weighted by Gasteiger charge is -2.25. The summed E-state index contributed by atoms with van der Waals surface area (Å²) in [7, 11) is 0. The third-order valence-electron chi connectivity index (χ3n) is 5.30. The summed E-state index contributed by atoms with van der Waals surface area (Å²) in [6, 6.07) is 12.2. The number of amides is 2. The van der Waals surface area contributed by atoms with Gasteiger partial charge >= 0.3 is 0 Å². The van der Waals surface area contributed by atoms with Gasteiger partial charge in [-0.3, -0.25) is 9.59 Å². The number of nitrogens with zero attached hydrogens (tertiary/aromatic N) is 2. The van der Waals surface area contributed by atoms with Gasteiger partial charge in [-0.15, -0.1) is 0 Å². The van der Waals surface area contributed by atoms with Gasteiger partial charge < -0.3 is 9.80 Å². The van der Waals surface area contributed by atoms with E-state index >= 15 is 0 Å². The molecule has 0 aliphatic carbocycles. The van der Waals surface area contributed by atoms with Crippen molar-refractivity contribution in [1.82, 2.24) is 4.90 Å². The highest BCUT2D eigenvalue weighted by atomic mass is 19.1.